The Balaban J connectivity index is 1.54. The number of ketones is 1. The van der Waals surface area contributed by atoms with Gasteiger partial charge in [0, 0.05) is 6.42 Å². The number of rotatable bonds is 4. The van der Waals surface area contributed by atoms with Crippen LogP contribution in [0.25, 0.3) is 0 Å². The fourth-order valence-electron chi connectivity index (χ4n) is 8.32. The smallest absolute Gasteiger partial charge is 0.155 e. The van der Waals surface area contributed by atoms with Crippen molar-refractivity contribution in [2.45, 2.75) is 97.7 Å². The highest BCUT2D eigenvalue weighted by atomic mass is 16.3. The van der Waals surface area contributed by atoms with E-state index in [9.17, 15) is 15.0 Å². The van der Waals surface area contributed by atoms with Crippen LogP contribution in [-0.2, 0) is 4.79 Å². The second-order valence-electron chi connectivity index (χ2n) is 12.1. The van der Waals surface area contributed by atoms with E-state index in [4.69, 9.17) is 0 Å². The summed E-state index contributed by atoms with van der Waals surface area (Å²) in [5.41, 5.74) is 0.672. The van der Waals surface area contributed by atoms with Gasteiger partial charge < -0.3 is 10.2 Å². The summed E-state index contributed by atoms with van der Waals surface area (Å²) in [6.07, 6.45) is 14.0. The summed E-state index contributed by atoms with van der Waals surface area (Å²) in [4.78, 5) is 12.1. The van der Waals surface area contributed by atoms with Crippen LogP contribution in [0.4, 0.5) is 0 Å². The summed E-state index contributed by atoms with van der Waals surface area (Å²) in [6.45, 7) is 10.9. The molecule has 0 heterocycles. The minimum atomic E-state index is -0.736. The van der Waals surface area contributed by atoms with Crippen molar-refractivity contribution in [3.63, 3.8) is 0 Å². The number of aliphatic hydroxyl groups is 2. The third-order valence-electron chi connectivity index (χ3n) is 9.77. The van der Waals surface area contributed by atoms with Crippen LogP contribution in [0.1, 0.15) is 86.0 Å². The Bertz CT molecular complexity index is 744. The van der Waals surface area contributed by atoms with Gasteiger partial charge in [0.25, 0.3) is 0 Å². The van der Waals surface area contributed by atoms with Crippen molar-refractivity contribution in [3.8, 4) is 0 Å². The Morgan fingerprint density at radius 2 is 1.93 bits per heavy atom. The largest absolute Gasteiger partial charge is 0.389 e. The van der Waals surface area contributed by atoms with E-state index in [0.717, 1.165) is 24.8 Å². The van der Waals surface area contributed by atoms with Crippen LogP contribution >= 0.6 is 0 Å². The van der Waals surface area contributed by atoms with Crippen molar-refractivity contribution < 1.29 is 15.0 Å². The molecule has 2 N–H and O–H groups in total. The van der Waals surface area contributed by atoms with Crippen LogP contribution in [0.5, 0.6) is 0 Å². The first-order chi connectivity index (χ1) is 14.0. The third-order valence-corrected chi connectivity index (χ3v) is 9.77. The number of carbonyl (C=O) groups excluding carboxylic acids is 1. The van der Waals surface area contributed by atoms with E-state index in [1.165, 1.54) is 25.7 Å². The fourth-order valence-corrected chi connectivity index (χ4v) is 8.32. The average Bonchev–Trinajstić information content (AvgIpc) is 3.00. The van der Waals surface area contributed by atoms with Gasteiger partial charge in [-0.3, -0.25) is 4.79 Å². The van der Waals surface area contributed by atoms with Gasteiger partial charge in [-0.1, -0.05) is 32.9 Å². The molecule has 4 rings (SSSR count). The average molecular weight is 415 g/mol. The summed E-state index contributed by atoms with van der Waals surface area (Å²) in [6, 6.07) is 0. The Morgan fingerprint density at radius 1 is 1.20 bits per heavy atom. The fraction of sp³-hybridized carbons (Fsp3) is 0.815. The summed E-state index contributed by atoms with van der Waals surface area (Å²) < 4.78 is 0. The summed E-state index contributed by atoms with van der Waals surface area (Å²) >= 11 is 0. The van der Waals surface area contributed by atoms with Crippen LogP contribution in [0.3, 0.4) is 0 Å². The molecule has 4 aliphatic carbocycles. The maximum Gasteiger partial charge on any atom is 0.155 e. The van der Waals surface area contributed by atoms with Gasteiger partial charge in [-0.25, -0.2) is 0 Å². The molecule has 0 aromatic heterocycles. The van der Waals surface area contributed by atoms with Gasteiger partial charge in [0.15, 0.2) is 5.78 Å². The minimum Gasteiger partial charge on any atom is -0.389 e. The van der Waals surface area contributed by atoms with Gasteiger partial charge in [-0.15, -0.1) is 0 Å². The van der Waals surface area contributed by atoms with E-state index in [2.05, 4.69) is 26.8 Å². The number of fused-ring (bicyclic) bond motifs is 5. The van der Waals surface area contributed by atoms with Crippen LogP contribution in [-0.4, -0.2) is 27.7 Å². The summed E-state index contributed by atoms with van der Waals surface area (Å²) in [5.74, 6) is 3.41. The molecule has 3 saturated carbocycles. The first kappa shape index (κ1) is 22.3. The number of allylic oxidation sites excluding steroid dienone is 1. The highest BCUT2D eigenvalue weighted by Crippen LogP contribution is 2.67. The van der Waals surface area contributed by atoms with Crippen molar-refractivity contribution in [1.82, 2.24) is 0 Å². The van der Waals surface area contributed by atoms with E-state index in [1.54, 1.807) is 6.08 Å². The molecule has 0 saturated heterocycles. The van der Waals surface area contributed by atoms with Crippen molar-refractivity contribution in [3.05, 3.63) is 23.8 Å². The standard InChI is InChI=1S/C27H42O3/c1-17(7-6-12-25(2,3)30)20-8-9-21-19-16-24(29)23-15-18(28)10-13-27(23,5)22(19)11-14-26(20,21)4/h6,12,15,17,19-22,24,29-30H,7-11,13-14,16H2,1-5H3/b12-6+/t17-,19?,20?,21?,22?,24-,26-,27-/m1/s1. The van der Waals surface area contributed by atoms with E-state index in [1.807, 2.05) is 19.9 Å². The van der Waals surface area contributed by atoms with Gasteiger partial charge in [-0.05, 0) is 111 Å². The molecule has 0 bridgehead atoms. The Labute approximate surface area is 183 Å². The molecular formula is C27H42O3. The first-order valence-electron chi connectivity index (χ1n) is 12.3. The van der Waals surface area contributed by atoms with Crippen molar-refractivity contribution >= 4 is 5.78 Å². The molecule has 3 fully saturated rings. The minimum absolute atomic E-state index is 0.0106. The molecule has 0 aromatic carbocycles. The molecule has 168 valence electrons. The molecule has 0 radical (unpaired) electrons. The first-order valence-corrected chi connectivity index (χ1v) is 12.3. The van der Waals surface area contributed by atoms with Crippen molar-refractivity contribution in [1.29, 1.82) is 0 Å². The van der Waals surface area contributed by atoms with Crippen LogP contribution in [0.15, 0.2) is 23.8 Å². The highest BCUT2D eigenvalue weighted by molar-refractivity contribution is 5.91. The molecule has 3 heteroatoms. The quantitative estimate of drug-likeness (QED) is 0.601. The summed E-state index contributed by atoms with van der Waals surface area (Å²) in [7, 11) is 0. The van der Waals surface area contributed by atoms with E-state index < -0.39 is 11.7 Å². The number of hydrogen-bond acceptors (Lipinski definition) is 3. The number of carbonyl (C=O) groups is 1. The summed E-state index contributed by atoms with van der Waals surface area (Å²) in [5, 5.41) is 21.0. The molecule has 4 unspecified atom stereocenters. The zero-order chi connectivity index (χ0) is 21.9. The maximum absolute atomic E-state index is 12.1. The molecule has 3 nitrogen and oxygen atoms in total. The zero-order valence-corrected chi connectivity index (χ0v) is 19.7. The molecule has 0 aliphatic heterocycles. The molecule has 4 aliphatic rings. The monoisotopic (exact) mass is 414 g/mol. The van der Waals surface area contributed by atoms with Gasteiger partial charge >= 0.3 is 0 Å². The van der Waals surface area contributed by atoms with Gasteiger partial charge in [0.2, 0.25) is 0 Å². The Kier molecular flexibility index (Phi) is 5.63. The lowest BCUT2D eigenvalue weighted by molar-refractivity contribution is -0.119. The molecule has 0 aromatic rings. The Morgan fingerprint density at radius 3 is 2.63 bits per heavy atom. The van der Waals surface area contributed by atoms with Crippen LogP contribution in [0.2, 0.25) is 0 Å². The number of hydrogen-bond donors (Lipinski definition) is 2. The lowest BCUT2D eigenvalue weighted by Crippen LogP contribution is -2.54. The predicted octanol–water partition coefficient (Wildman–Crippen LogP) is 5.46. The van der Waals surface area contributed by atoms with E-state index in [-0.39, 0.29) is 11.2 Å². The third kappa shape index (κ3) is 3.64. The lowest BCUT2D eigenvalue weighted by atomic mass is 9.46. The molecule has 8 atom stereocenters. The predicted molar refractivity (Wildman–Crippen MR) is 121 cm³/mol. The van der Waals surface area contributed by atoms with E-state index in [0.29, 0.717) is 41.4 Å². The Hall–Kier alpha value is -0.930. The second-order valence-corrected chi connectivity index (χ2v) is 12.1. The van der Waals surface area contributed by atoms with Crippen LogP contribution < -0.4 is 0 Å². The van der Waals surface area contributed by atoms with Crippen molar-refractivity contribution in [2.75, 3.05) is 0 Å². The lowest BCUT2D eigenvalue weighted by Gasteiger charge is -2.59. The maximum atomic E-state index is 12.1. The molecule has 30 heavy (non-hydrogen) atoms. The second kappa shape index (κ2) is 7.59. The number of aliphatic hydroxyl groups excluding tert-OH is 1. The molecule has 0 amide bonds. The van der Waals surface area contributed by atoms with Gasteiger partial charge in [-0.2, -0.15) is 0 Å². The van der Waals surface area contributed by atoms with E-state index >= 15 is 0 Å². The topological polar surface area (TPSA) is 57.5 Å². The van der Waals surface area contributed by atoms with Gasteiger partial charge in [0.1, 0.15) is 0 Å². The highest BCUT2D eigenvalue weighted by Gasteiger charge is 2.60. The SMILES string of the molecule is C[C@H](C/C=C/C(C)(C)O)C1CCC2C3C[C@@H](O)C4=CC(=O)CC[C@]4(C)C3CC[C@@]21C. The zero-order valence-electron chi connectivity index (χ0n) is 19.7. The normalized spacial score (nSPS) is 45.0. The van der Waals surface area contributed by atoms with Crippen molar-refractivity contribution in [2.24, 2.45) is 40.4 Å². The molecule has 0 spiro atoms. The van der Waals surface area contributed by atoms with Crippen LogP contribution in [0, 0.1) is 40.4 Å². The molecular weight excluding hydrogens is 372 g/mol. The van der Waals surface area contributed by atoms with Gasteiger partial charge in [0.05, 0.1) is 11.7 Å².